The van der Waals surface area contributed by atoms with Crippen LogP contribution in [-0.4, -0.2) is 26.1 Å². The van der Waals surface area contributed by atoms with Gasteiger partial charge in [-0.1, -0.05) is 5.21 Å². The van der Waals surface area contributed by atoms with E-state index in [1.54, 1.807) is 17.1 Å². The number of carboxylic acid groups (broad SMARTS) is 1. The normalized spacial score (nSPS) is 9.82. The number of aliphatic carboxylic acids is 1. The summed E-state index contributed by atoms with van der Waals surface area (Å²) < 4.78 is 1.61. The molecule has 1 rings (SSSR count). The van der Waals surface area contributed by atoms with Gasteiger partial charge in [-0.15, -0.1) is 5.10 Å². The van der Waals surface area contributed by atoms with Crippen LogP contribution in [0, 0.1) is 0 Å². The van der Waals surface area contributed by atoms with E-state index in [2.05, 4.69) is 10.3 Å². The SMILES string of the molecule is O=C(O)CCCn1ccnn1. The van der Waals surface area contributed by atoms with Crippen LogP contribution in [0.25, 0.3) is 0 Å². The van der Waals surface area contributed by atoms with Gasteiger partial charge in [0.05, 0.1) is 6.20 Å². The highest BCUT2D eigenvalue weighted by Gasteiger charge is 1.96. The van der Waals surface area contributed by atoms with Gasteiger partial charge in [-0.25, -0.2) is 0 Å². The summed E-state index contributed by atoms with van der Waals surface area (Å²) in [6, 6.07) is 0. The van der Waals surface area contributed by atoms with E-state index in [1.165, 1.54) is 0 Å². The molecule has 1 aromatic heterocycles. The molecule has 0 bridgehead atoms. The summed E-state index contributed by atoms with van der Waals surface area (Å²) in [6.07, 6.45) is 4.06. The fraction of sp³-hybridized carbons (Fsp3) is 0.500. The van der Waals surface area contributed by atoms with Crippen molar-refractivity contribution in [3.8, 4) is 0 Å². The molecule has 0 amide bonds. The second kappa shape index (κ2) is 3.70. The van der Waals surface area contributed by atoms with Crippen LogP contribution >= 0.6 is 0 Å². The van der Waals surface area contributed by atoms with Gasteiger partial charge in [0.25, 0.3) is 0 Å². The minimum absolute atomic E-state index is 0.180. The number of rotatable bonds is 4. The van der Waals surface area contributed by atoms with Gasteiger partial charge in [-0.3, -0.25) is 9.48 Å². The maximum atomic E-state index is 10.1. The van der Waals surface area contributed by atoms with E-state index in [0.29, 0.717) is 13.0 Å². The molecule has 1 heterocycles. The number of hydrogen-bond donors (Lipinski definition) is 1. The molecular formula is C6H9N3O2. The Morgan fingerprint density at radius 3 is 3.00 bits per heavy atom. The summed E-state index contributed by atoms with van der Waals surface area (Å²) in [5.74, 6) is -0.773. The minimum Gasteiger partial charge on any atom is -0.481 e. The first kappa shape index (κ1) is 7.71. The van der Waals surface area contributed by atoms with Gasteiger partial charge >= 0.3 is 5.97 Å². The maximum absolute atomic E-state index is 10.1. The predicted molar refractivity (Wildman–Crippen MR) is 36.9 cm³/mol. The van der Waals surface area contributed by atoms with Gasteiger partial charge in [0.2, 0.25) is 0 Å². The number of hydrogen-bond acceptors (Lipinski definition) is 3. The van der Waals surface area contributed by atoms with Crippen molar-refractivity contribution >= 4 is 5.97 Å². The molecule has 5 heteroatoms. The summed E-state index contributed by atoms with van der Waals surface area (Å²) in [7, 11) is 0. The molecular weight excluding hydrogens is 146 g/mol. The number of aryl methyl sites for hydroxylation is 1. The minimum atomic E-state index is -0.773. The lowest BCUT2D eigenvalue weighted by atomic mass is 10.3. The Balaban J connectivity index is 2.19. The Morgan fingerprint density at radius 2 is 2.45 bits per heavy atom. The van der Waals surface area contributed by atoms with Gasteiger partial charge in [0.15, 0.2) is 0 Å². The largest absolute Gasteiger partial charge is 0.481 e. The van der Waals surface area contributed by atoms with Crippen molar-refractivity contribution in [1.29, 1.82) is 0 Å². The average Bonchev–Trinajstić information content (AvgIpc) is 2.39. The molecule has 0 aromatic carbocycles. The van der Waals surface area contributed by atoms with Crippen LogP contribution in [0.15, 0.2) is 12.4 Å². The number of carbonyl (C=O) groups is 1. The van der Waals surface area contributed by atoms with Crippen LogP contribution in [0.2, 0.25) is 0 Å². The zero-order chi connectivity index (χ0) is 8.10. The second-order valence-corrected chi connectivity index (χ2v) is 2.16. The van der Waals surface area contributed by atoms with E-state index in [0.717, 1.165) is 0 Å². The topological polar surface area (TPSA) is 68.0 Å². The molecule has 11 heavy (non-hydrogen) atoms. The molecule has 0 atom stereocenters. The third kappa shape index (κ3) is 2.79. The van der Waals surface area contributed by atoms with Crippen LogP contribution in [-0.2, 0) is 11.3 Å². The van der Waals surface area contributed by atoms with Crippen molar-refractivity contribution in [2.45, 2.75) is 19.4 Å². The fourth-order valence-electron chi connectivity index (χ4n) is 0.744. The second-order valence-electron chi connectivity index (χ2n) is 2.16. The first-order valence-electron chi connectivity index (χ1n) is 3.35. The van der Waals surface area contributed by atoms with Crippen LogP contribution < -0.4 is 0 Å². The van der Waals surface area contributed by atoms with E-state index in [9.17, 15) is 4.79 Å². The molecule has 1 aromatic rings. The Hall–Kier alpha value is -1.39. The molecule has 0 unspecified atom stereocenters. The lowest BCUT2D eigenvalue weighted by molar-refractivity contribution is -0.137. The van der Waals surface area contributed by atoms with E-state index >= 15 is 0 Å². The average molecular weight is 155 g/mol. The first-order chi connectivity index (χ1) is 5.29. The van der Waals surface area contributed by atoms with Crippen molar-refractivity contribution < 1.29 is 9.90 Å². The van der Waals surface area contributed by atoms with Crippen molar-refractivity contribution in [1.82, 2.24) is 15.0 Å². The fourth-order valence-corrected chi connectivity index (χ4v) is 0.744. The third-order valence-corrected chi connectivity index (χ3v) is 1.25. The number of nitrogens with zero attached hydrogens (tertiary/aromatic N) is 3. The smallest absolute Gasteiger partial charge is 0.303 e. The van der Waals surface area contributed by atoms with Crippen LogP contribution in [0.1, 0.15) is 12.8 Å². The van der Waals surface area contributed by atoms with E-state index in [1.807, 2.05) is 0 Å². The maximum Gasteiger partial charge on any atom is 0.303 e. The van der Waals surface area contributed by atoms with Crippen molar-refractivity contribution in [3.05, 3.63) is 12.4 Å². The lowest BCUT2D eigenvalue weighted by Crippen LogP contribution is -2.02. The standard InChI is InChI=1S/C6H9N3O2/c10-6(11)2-1-4-9-5-3-7-8-9/h3,5H,1-2,4H2,(H,10,11). The zero-order valence-corrected chi connectivity index (χ0v) is 5.97. The van der Waals surface area contributed by atoms with Gasteiger partial charge in [0.1, 0.15) is 0 Å². The zero-order valence-electron chi connectivity index (χ0n) is 5.97. The van der Waals surface area contributed by atoms with Gasteiger partial charge in [-0.05, 0) is 6.42 Å². The summed E-state index contributed by atoms with van der Waals surface area (Å²) >= 11 is 0. The molecule has 0 saturated carbocycles. The molecule has 5 nitrogen and oxygen atoms in total. The van der Waals surface area contributed by atoms with Crippen molar-refractivity contribution in [2.75, 3.05) is 0 Å². The molecule has 60 valence electrons. The van der Waals surface area contributed by atoms with E-state index in [4.69, 9.17) is 5.11 Å². The third-order valence-electron chi connectivity index (χ3n) is 1.25. The highest BCUT2D eigenvalue weighted by atomic mass is 16.4. The first-order valence-corrected chi connectivity index (χ1v) is 3.35. The molecule has 0 radical (unpaired) electrons. The highest BCUT2D eigenvalue weighted by Crippen LogP contribution is 1.92. The van der Waals surface area contributed by atoms with Crippen LogP contribution in [0.3, 0.4) is 0 Å². The van der Waals surface area contributed by atoms with Gasteiger partial charge in [0, 0.05) is 19.2 Å². The summed E-state index contributed by atoms with van der Waals surface area (Å²) in [5.41, 5.74) is 0. The van der Waals surface area contributed by atoms with Crippen molar-refractivity contribution in [2.24, 2.45) is 0 Å². The highest BCUT2D eigenvalue weighted by molar-refractivity contribution is 5.66. The van der Waals surface area contributed by atoms with Crippen LogP contribution in [0.5, 0.6) is 0 Å². The number of aromatic nitrogens is 3. The predicted octanol–water partition coefficient (Wildman–Crippen LogP) is 0.143. The van der Waals surface area contributed by atoms with E-state index in [-0.39, 0.29) is 6.42 Å². The molecule has 0 aliphatic carbocycles. The van der Waals surface area contributed by atoms with Gasteiger partial charge in [-0.2, -0.15) is 0 Å². The Morgan fingerprint density at radius 1 is 1.64 bits per heavy atom. The lowest BCUT2D eigenvalue weighted by Gasteiger charge is -1.95. The van der Waals surface area contributed by atoms with Crippen LogP contribution in [0.4, 0.5) is 0 Å². The number of carboxylic acids is 1. The quantitative estimate of drug-likeness (QED) is 0.671. The molecule has 0 fully saturated rings. The molecule has 0 spiro atoms. The molecule has 0 saturated heterocycles. The monoisotopic (exact) mass is 155 g/mol. The van der Waals surface area contributed by atoms with E-state index < -0.39 is 5.97 Å². The molecule has 1 N–H and O–H groups in total. The molecule has 0 aliphatic heterocycles. The summed E-state index contributed by atoms with van der Waals surface area (Å²) in [5, 5.41) is 15.6. The molecule has 0 aliphatic rings. The Kier molecular flexibility index (Phi) is 2.59. The van der Waals surface area contributed by atoms with Crippen molar-refractivity contribution in [3.63, 3.8) is 0 Å². The van der Waals surface area contributed by atoms with Gasteiger partial charge < -0.3 is 5.11 Å². The Bertz CT molecular complexity index is 220. The summed E-state index contributed by atoms with van der Waals surface area (Å²) in [4.78, 5) is 10.1. The summed E-state index contributed by atoms with van der Waals surface area (Å²) in [6.45, 7) is 0.617. The Labute approximate surface area is 63.6 Å².